The molecule has 3 rings (SSSR count). The van der Waals surface area contributed by atoms with Gasteiger partial charge in [0.2, 0.25) is 0 Å². The Kier molecular flexibility index (Phi) is 5.00. The molecule has 0 amide bonds. The monoisotopic (exact) mass is 325 g/mol. The molecule has 0 bridgehead atoms. The van der Waals surface area contributed by atoms with Crippen molar-refractivity contribution in [3.63, 3.8) is 0 Å². The summed E-state index contributed by atoms with van der Waals surface area (Å²) in [7, 11) is 0. The lowest BCUT2D eigenvalue weighted by atomic mass is 9.97. The zero-order valence-electron chi connectivity index (χ0n) is 13.7. The van der Waals surface area contributed by atoms with E-state index in [-0.39, 0.29) is 6.04 Å². The second-order valence-corrected chi connectivity index (χ2v) is 7.10. The van der Waals surface area contributed by atoms with Crippen molar-refractivity contribution in [3.05, 3.63) is 46.5 Å². The second kappa shape index (κ2) is 7.16. The summed E-state index contributed by atoms with van der Waals surface area (Å²) in [5.41, 5.74) is 3.86. The number of aromatic nitrogens is 1. The van der Waals surface area contributed by atoms with Gasteiger partial charge in [0.05, 0.1) is 6.04 Å². The van der Waals surface area contributed by atoms with Gasteiger partial charge in [-0.25, -0.2) is 4.98 Å². The molecule has 0 spiro atoms. The lowest BCUT2D eigenvalue weighted by Crippen LogP contribution is -2.40. The van der Waals surface area contributed by atoms with Gasteiger partial charge in [-0.3, -0.25) is 4.90 Å². The Balaban J connectivity index is 1.63. The first kappa shape index (κ1) is 16.0. The van der Waals surface area contributed by atoms with Gasteiger partial charge in [-0.15, -0.1) is 17.8 Å². The third-order valence-electron chi connectivity index (χ3n) is 4.66. The quantitative estimate of drug-likeness (QED) is 0.861. The van der Waals surface area contributed by atoms with Crippen LogP contribution in [0.3, 0.4) is 0 Å². The third-order valence-corrected chi connectivity index (χ3v) is 5.36. The minimum Gasteiger partial charge on any atom is -0.359 e. The molecule has 1 aromatic heterocycles. The number of likely N-dealkylation sites (tertiary alicyclic amines) is 1. The van der Waals surface area contributed by atoms with Gasteiger partial charge in [-0.2, -0.15) is 0 Å². The van der Waals surface area contributed by atoms with Gasteiger partial charge < -0.3 is 5.32 Å². The van der Waals surface area contributed by atoms with Crippen LogP contribution in [0, 0.1) is 26.2 Å². The van der Waals surface area contributed by atoms with Gasteiger partial charge in [0.15, 0.2) is 5.13 Å². The maximum Gasteiger partial charge on any atom is 0.182 e. The first-order chi connectivity index (χ1) is 11.2. The van der Waals surface area contributed by atoms with Crippen LogP contribution in [0.25, 0.3) is 0 Å². The molecule has 4 heteroatoms. The summed E-state index contributed by atoms with van der Waals surface area (Å²) >= 11 is 1.66. The summed E-state index contributed by atoms with van der Waals surface area (Å²) in [5, 5.41) is 6.55. The normalized spacial score (nSPS) is 17.6. The van der Waals surface area contributed by atoms with Crippen LogP contribution < -0.4 is 5.32 Å². The van der Waals surface area contributed by atoms with E-state index in [1.807, 2.05) is 11.6 Å². The van der Waals surface area contributed by atoms with Crippen LogP contribution in [0.15, 0.2) is 29.8 Å². The molecule has 1 aromatic carbocycles. The van der Waals surface area contributed by atoms with Crippen molar-refractivity contribution in [1.82, 2.24) is 9.88 Å². The highest BCUT2D eigenvalue weighted by Crippen LogP contribution is 2.27. The zero-order valence-corrected chi connectivity index (χ0v) is 14.6. The molecule has 0 saturated carbocycles. The van der Waals surface area contributed by atoms with Gasteiger partial charge >= 0.3 is 0 Å². The number of rotatable bonds is 4. The van der Waals surface area contributed by atoms with Crippen molar-refractivity contribution < 1.29 is 0 Å². The summed E-state index contributed by atoms with van der Waals surface area (Å²) in [6.07, 6.45) is 9.90. The lowest BCUT2D eigenvalue weighted by molar-refractivity contribution is 0.189. The predicted molar refractivity (Wildman–Crippen MR) is 97.8 cm³/mol. The van der Waals surface area contributed by atoms with E-state index >= 15 is 0 Å². The SMILES string of the molecule is C#CC(c1ccc(C)c(C)c1)N1CCC(Nc2nccs2)CC1. The van der Waals surface area contributed by atoms with Crippen molar-refractivity contribution in [3.8, 4) is 12.3 Å². The minimum absolute atomic E-state index is 0.0788. The highest BCUT2D eigenvalue weighted by atomic mass is 32.1. The summed E-state index contributed by atoms with van der Waals surface area (Å²) in [5.74, 6) is 2.99. The Bertz CT molecular complexity index is 679. The van der Waals surface area contributed by atoms with Crippen molar-refractivity contribution in [2.75, 3.05) is 18.4 Å². The van der Waals surface area contributed by atoms with E-state index in [4.69, 9.17) is 6.42 Å². The van der Waals surface area contributed by atoms with Gasteiger partial charge in [-0.1, -0.05) is 24.1 Å². The predicted octanol–water partition coefficient (Wildman–Crippen LogP) is 4.01. The summed E-state index contributed by atoms with van der Waals surface area (Å²) in [6.45, 7) is 6.33. The summed E-state index contributed by atoms with van der Waals surface area (Å²) < 4.78 is 0. The van der Waals surface area contributed by atoms with Crippen LogP contribution in [0.2, 0.25) is 0 Å². The molecule has 2 aromatic rings. The smallest absolute Gasteiger partial charge is 0.182 e. The number of nitrogens with zero attached hydrogens (tertiary/aromatic N) is 2. The average molecular weight is 325 g/mol. The fourth-order valence-electron chi connectivity index (χ4n) is 3.12. The standard InChI is InChI=1S/C19H23N3S/c1-4-18(16-6-5-14(2)15(3)13-16)22-10-7-17(8-11-22)21-19-20-9-12-23-19/h1,5-6,9,12-13,17-18H,7-8,10-11H2,2-3H3,(H,20,21). The maximum absolute atomic E-state index is 5.85. The number of terminal acetylenes is 1. The van der Waals surface area contributed by atoms with Crippen LogP contribution in [0.4, 0.5) is 5.13 Å². The van der Waals surface area contributed by atoms with E-state index in [0.717, 1.165) is 31.1 Å². The Morgan fingerprint density at radius 3 is 2.70 bits per heavy atom. The molecule has 0 aliphatic carbocycles. The molecular weight excluding hydrogens is 302 g/mol. The number of nitrogens with one attached hydrogen (secondary N) is 1. The largest absolute Gasteiger partial charge is 0.359 e. The molecule has 1 N–H and O–H groups in total. The van der Waals surface area contributed by atoms with Crippen LogP contribution in [0.1, 0.15) is 35.6 Å². The number of hydrogen-bond donors (Lipinski definition) is 1. The lowest BCUT2D eigenvalue weighted by Gasteiger charge is -2.36. The highest BCUT2D eigenvalue weighted by Gasteiger charge is 2.25. The molecule has 1 atom stereocenters. The zero-order chi connectivity index (χ0) is 16.2. The van der Waals surface area contributed by atoms with Crippen molar-refractivity contribution in [1.29, 1.82) is 0 Å². The third kappa shape index (κ3) is 3.74. The molecule has 1 saturated heterocycles. The van der Waals surface area contributed by atoms with Crippen LogP contribution in [-0.4, -0.2) is 29.0 Å². The molecule has 23 heavy (non-hydrogen) atoms. The molecule has 120 valence electrons. The van der Waals surface area contributed by atoms with E-state index in [2.05, 4.69) is 53.2 Å². The molecule has 1 fully saturated rings. The summed E-state index contributed by atoms with van der Waals surface area (Å²) in [4.78, 5) is 6.73. The fourth-order valence-corrected chi connectivity index (χ4v) is 3.73. The number of aryl methyl sites for hydroxylation is 2. The van der Waals surface area contributed by atoms with E-state index < -0.39 is 0 Å². The number of hydrogen-bond acceptors (Lipinski definition) is 4. The number of thiazole rings is 1. The fraction of sp³-hybridized carbons (Fsp3) is 0.421. The molecule has 3 nitrogen and oxygen atoms in total. The van der Waals surface area contributed by atoms with E-state index in [1.54, 1.807) is 11.3 Å². The van der Waals surface area contributed by atoms with E-state index in [1.165, 1.54) is 16.7 Å². The second-order valence-electron chi connectivity index (χ2n) is 6.20. The van der Waals surface area contributed by atoms with Crippen molar-refractivity contribution >= 4 is 16.5 Å². The van der Waals surface area contributed by atoms with Gasteiger partial charge in [-0.05, 0) is 43.4 Å². The summed E-state index contributed by atoms with van der Waals surface area (Å²) in [6, 6.07) is 7.16. The Labute approximate surface area is 142 Å². The molecule has 0 radical (unpaired) electrons. The van der Waals surface area contributed by atoms with Crippen molar-refractivity contribution in [2.24, 2.45) is 0 Å². The van der Waals surface area contributed by atoms with Gasteiger partial charge in [0.25, 0.3) is 0 Å². The number of piperidine rings is 1. The molecule has 1 aliphatic heterocycles. The Morgan fingerprint density at radius 2 is 2.09 bits per heavy atom. The molecule has 1 aliphatic rings. The molecular formula is C19H23N3S. The first-order valence-corrected chi connectivity index (χ1v) is 8.98. The number of anilines is 1. The van der Waals surface area contributed by atoms with Crippen LogP contribution in [-0.2, 0) is 0 Å². The van der Waals surface area contributed by atoms with Crippen LogP contribution >= 0.6 is 11.3 Å². The van der Waals surface area contributed by atoms with E-state index in [9.17, 15) is 0 Å². The highest BCUT2D eigenvalue weighted by molar-refractivity contribution is 7.13. The Morgan fingerprint density at radius 1 is 1.30 bits per heavy atom. The Hall–Kier alpha value is -1.83. The van der Waals surface area contributed by atoms with Gasteiger partial charge in [0, 0.05) is 30.7 Å². The molecule has 1 unspecified atom stereocenters. The van der Waals surface area contributed by atoms with Crippen LogP contribution in [0.5, 0.6) is 0 Å². The minimum atomic E-state index is 0.0788. The van der Waals surface area contributed by atoms with Crippen molar-refractivity contribution in [2.45, 2.75) is 38.8 Å². The van der Waals surface area contributed by atoms with Gasteiger partial charge in [0.1, 0.15) is 0 Å². The van der Waals surface area contributed by atoms with E-state index in [0.29, 0.717) is 6.04 Å². The molecule has 2 heterocycles. The average Bonchev–Trinajstić information content (AvgIpc) is 3.06. The topological polar surface area (TPSA) is 28.2 Å². The first-order valence-electron chi connectivity index (χ1n) is 8.10. The maximum atomic E-state index is 5.85. The number of benzene rings is 1.